The van der Waals surface area contributed by atoms with Gasteiger partial charge in [-0.2, -0.15) is 0 Å². The lowest BCUT2D eigenvalue weighted by atomic mass is 9.68. The molecule has 1 heterocycles. The molecule has 1 aliphatic carbocycles. The van der Waals surface area contributed by atoms with Crippen LogP contribution in [0.2, 0.25) is 0 Å². The minimum atomic E-state index is 0.0616. The maximum atomic E-state index is 12.2. The SMILES string of the molecule is CC(C)(C)C1CCC(=O)C(CN2CCOCC2CO)C1. The predicted octanol–water partition coefficient (Wildman–Crippen LogP) is 1.71. The fraction of sp³-hybridized carbons (Fsp3) is 0.938. The number of morpholine rings is 1. The van der Waals surface area contributed by atoms with Crippen molar-refractivity contribution < 1.29 is 14.6 Å². The molecule has 0 aromatic carbocycles. The van der Waals surface area contributed by atoms with Gasteiger partial charge in [0.15, 0.2) is 0 Å². The number of carbonyl (C=O) groups excluding carboxylic acids is 1. The van der Waals surface area contributed by atoms with Crippen LogP contribution < -0.4 is 0 Å². The first-order valence-electron chi connectivity index (χ1n) is 7.87. The maximum absolute atomic E-state index is 12.2. The molecule has 4 nitrogen and oxygen atoms in total. The lowest BCUT2D eigenvalue weighted by Gasteiger charge is -2.41. The van der Waals surface area contributed by atoms with Crippen molar-refractivity contribution >= 4 is 5.78 Å². The molecule has 1 saturated carbocycles. The van der Waals surface area contributed by atoms with Crippen molar-refractivity contribution in [3.8, 4) is 0 Å². The van der Waals surface area contributed by atoms with E-state index in [-0.39, 0.29) is 24.0 Å². The van der Waals surface area contributed by atoms with Gasteiger partial charge in [-0.25, -0.2) is 0 Å². The van der Waals surface area contributed by atoms with Crippen molar-refractivity contribution in [1.29, 1.82) is 0 Å². The highest BCUT2D eigenvalue weighted by Crippen LogP contribution is 2.39. The Balaban J connectivity index is 1.97. The van der Waals surface area contributed by atoms with E-state index in [1.165, 1.54) is 0 Å². The Morgan fingerprint density at radius 1 is 1.40 bits per heavy atom. The van der Waals surface area contributed by atoms with Gasteiger partial charge in [-0.05, 0) is 24.2 Å². The zero-order chi connectivity index (χ0) is 14.8. The Bertz CT molecular complexity index is 337. The highest BCUT2D eigenvalue weighted by atomic mass is 16.5. The van der Waals surface area contributed by atoms with E-state index in [1.807, 2.05) is 0 Å². The summed E-state index contributed by atoms with van der Waals surface area (Å²) in [5.41, 5.74) is 0.278. The Morgan fingerprint density at radius 2 is 2.15 bits per heavy atom. The van der Waals surface area contributed by atoms with Crippen LogP contribution in [0.25, 0.3) is 0 Å². The molecule has 2 aliphatic rings. The highest BCUT2D eigenvalue weighted by molar-refractivity contribution is 5.82. The summed E-state index contributed by atoms with van der Waals surface area (Å²) < 4.78 is 5.41. The molecular weight excluding hydrogens is 254 g/mol. The molecule has 1 N–H and O–H groups in total. The van der Waals surface area contributed by atoms with Gasteiger partial charge in [0.1, 0.15) is 5.78 Å². The van der Waals surface area contributed by atoms with E-state index in [9.17, 15) is 9.90 Å². The van der Waals surface area contributed by atoms with E-state index < -0.39 is 0 Å². The number of Topliss-reactive ketones (excluding diaryl/α,β-unsaturated/α-hetero) is 1. The molecule has 2 fully saturated rings. The van der Waals surface area contributed by atoms with Crippen molar-refractivity contribution in [2.24, 2.45) is 17.3 Å². The van der Waals surface area contributed by atoms with Gasteiger partial charge in [0.25, 0.3) is 0 Å². The van der Waals surface area contributed by atoms with E-state index in [1.54, 1.807) is 0 Å². The summed E-state index contributed by atoms with van der Waals surface area (Å²) in [5, 5.41) is 9.43. The molecule has 3 unspecified atom stereocenters. The molecular formula is C16H29NO3. The number of hydrogen-bond donors (Lipinski definition) is 1. The second-order valence-electron chi connectivity index (χ2n) is 7.41. The first kappa shape index (κ1) is 15.9. The standard InChI is InChI=1S/C16H29NO3/c1-16(2,3)13-4-5-15(19)12(8-13)9-17-6-7-20-11-14(17)10-18/h12-14,18H,4-11H2,1-3H3. The number of carbonyl (C=O) groups is 1. The Hall–Kier alpha value is -0.450. The van der Waals surface area contributed by atoms with Gasteiger partial charge in [0, 0.05) is 25.4 Å². The first-order chi connectivity index (χ1) is 9.41. The first-order valence-corrected chi connectivity index (χ1v) is 7.87. The average molecular weight is 283 g/mol. The van der Waals surface area contributed by atoms with Crippen molar-refractivity contribution in [3.63, 3.8) is 0 Å². The molecule has 0 amide bonds. The van der Waals surface area contributed by atoms with Crippen LogP contribution in [0.15, 0.2) is 0 Å². The monoisotopic (exact) mass is 283 g/mol. The lowest BCUT2D eigenvalue weighted by molar-refractivity contribution is -0.128. The largest absolute Gasteiger partial charge is 0.395 e. The van der Waals surface area contributed by atoms with Crippen molar-refractivity contribution in [3.05, 3.63) is 0 Å². The number of ketones is 1. The molecule has 2 rings (SSSR count). The fourth-order valence-corrected chi connectivity index (χ4v) is 3.46. The number of nitrogens with zero attached hydrogens (tertiary/aromatic N) is 1. The lowest BCUT2D eigenvalue weighted by Crippen LogP contribution is -2.51. The van der Waals surface area contributed by atoms with Crippen LogP contribution in [0.3, 0.4) is 0 Å². The van der Waals surface area contributed by atoms with Crippen LogP contribution in [0.5, 0.6) is 0 Å². The van der Waals surface area contributed by atoms with Crippen LogP contribution in [0.1, 0.15) is 40.0 Å². The molecule has 116 valence electrons. The van der Waals surface area contributed by atoms with Crippen LogP contribution in [-0.2, 0) is 9.53 Å². The summed E-state index contributed by atoms with van der Waals surface area (Å²) in [4.78, 5) is 14.5. The normalized spacial score (nSPS) is 33.4. The van der Waals surface area contributed by atoms with E-state index in [0.717, 1.165) is 32.4 Å². The van der Waals surface area contributed by atoms with Crippen LogP contribution in [-0.4, -0.2) is 54.7 Å². The minimum Gasteiger partial charge on any atom is -0.395 e. The summed E-state index contributed by atoms with van der Waals surface area (Å²) in [6, 6.07) is 0.0616. The van der Waals surface area contributed by atoms with Gasteiger partial charge in [0.05, 0.1) is 25.9 Å². The molecule has 0 bridgehead atoms. The molecule has 4 heteroatoms. The van der Waals surface area contributed by atoms with Crippen molar-refractivity contribution in [2.45, 2.75) is 46.1 Å². The molecule has 1 aliphatic heterocycles. The summed E-state index contributed by atoms with van der Waals surface area (Å²) in [5.74, 6) is 1.17. The summed E-state index contributed by atoms with van der Waals surface area (Å²) in [6.07, 6.45) is 2.75. The van der Waals surface area contributed by atoms with E-state index >= 15 is 0 Å². The third-order valence-corrected chi connectivity index (χ3v) is 5.00. The Kier molecular flexibility index (Phi) is 5.21. The van der Waals surface area contributed by atoms with Crippen molar-refractivity contribution in [1.82, 2.24) is 4.90 Å². The number of aliphatic hydroxyl groups excluding tert-OH is 1. The van der Waals surface area contributed by atoms with E-state index in [0.29, 0.717) is 24.9 Å². The summed E-state index contributed by atoms with van der Waals surface area (Å²) in [7, 11) is 0. The second kappa shape index (κ2) is 6.54. The molecule has 1 saturated heterocycles. The van der Waals surface area contributed by atoms with Crippen LogP contribution in [0, 0.1) is 17.3 Å². The number of rotatable bonds is 3. The molecule has 20 heavy (non-hydrogen) atoms. The van der Waals surface area contributed by atoms with Gasteiger partial charge in [-0.3, -0.25) is 9.69 Å². The minimum absolute atomic E-state index is 0.0616. The molecule has 0 spiro atoms. The fourth-order valence-electron chi connectivity index (χ4n) is 3.46. The van der Waals surface area contributed by atoms with Crippen LogP contribution >= 0.6 is 0 Å². The van der Waals surface area contributed by atoms with Gasteiger partial charge in [-0.1, -0.05) is 20.8 Å². The third kappa shape index (κ3) is 3.80. The quantitative estimate of drug-likeness (QED) is 0.856. The summed E-state index contributed by atoms with van der Waals surface area (Å²) >= 11 is 0. The second-order valence-corrected chi connectivity index (χ2v) is 7.41. The van der Waals surface area contributed by atoms with Gasteiger partial charge in [0.2, 0.25) is 0 Å². The molecule has 0 radical (unpaired) electrons. The number of aliphatic hydroxyl groups is 1. The van der Waals surface area contributed by atoms with E-state index in [4.69, 9.17) is 4.74 Å². The van der Waals surface area contributed by atoms with Gasteiger partial charge < -0.3 is 9.84 Å². The molecule has 0 aromatic heterocycles. The smallest absolute Gasteiger partial charge is 0.137 e. The third-order valence-electron chi connectivity index (χ3n) is 5.00. The van der Waals surface area contributed by atoms with Gasteiger partial charge >= 0.3 is 0 Å². The Morgan fingerprint density at radius 3 is 2.80 bits per heavy atom. The predicted molar refractivity (Wildman–Crippen MR) is 78.6 cm³/mol. The zero-order valence-corrected chi connectivity index (χ0v) is 13.1. The number of hydrogen-bond acceptors (Lipinski definition) is 4. The summed E-state index contributed by atoms with van der Waals surface area (Å²) in [6.45, 7) is 9.85. The molecule has 3 atom stereocenters. The number of ether oxygens (including phenoxy) is 1. The maximum Gasteiger partial charge on any atom is 0.137 e. The van der Waals surface area contributed by atoms with Crippen LogP contribution in [0.4, 0.5) is 0 Å². The van der Waals surface area contributed by atoms with Gasteiger partial charge in [-0.15, -0.1) is 0 Å². The van der Waals surface area contributed by atoms with E-state index in [2.05, 4.69) is 25.7 Å². The van der Waals surface area contributed by atoms with Crippen molar-refractivity contribution in [2.75, 3.05) is 32.9 Å². The zero-order valence-electron chi connectivity index (χ0n) is 13.1. The molecule has 0 aromatic rings. The Labute approximate surface area is 122 Å². The average Bonchev–Trinajstić information content (AvgIpc) is 2.40. The highest BCUT2D eigenvalue weighted by Gasteiger charge is 2.36. The topological polar surface area (TPSA) is 49.8 Å².